The van der Waals surface area contributed by atoms with E-state index in [1.165, 1.54) is 6.07 Å². The molecule has 10 heteroatoms. The summed E-state index contributed by atoms with van der Waals surface area (Å²) in [6.45, 7) is 2.46. The molecule has 4 rings (SSSR count). The van der Waals surface area contributed by atoms with Crippen LogP contribution in [0.25, 0.3) is 0 Å². The number of nitrogens with one attached hydrogen (secondary N) is 2. The van der Waals surface area contributed by atoms with Crippen molar-refractivity contribution in [3.05, 3.63) is 29.8 Å². The van der Waals surface area contributed by atoms with Crippen molar-refractivity contribution in [2.75, 3.05) is 44.2 Å². The smallest absolute Gasteiger partial charge is 0.318 e. The molecule has 0 bridgehead atoms. The summed E-state index contributed by atoms with van der Waals surface area (Å²) < 4.78 is 28.0. The van der Waals surface area contributed by atoms with Gasteiger partial charge in [-0.25, -0.2) is 13.6 Å². The van der Waals surface area contributed by atoms with E-state index in [0.717, 1.165) is 29.9 Å². The van der Waals surface area contributed by atoms with Gasteiger partial charge in [-0.1, -0.05) is 6.07 Å². The van der Waals surface area contributed by atoms with Crippen molar-refractivity contribution in [2.45, 2.75) is 31.3 Å². The standard InChI is InChI=1S/C20H25F2N5O3/c21-14-2-1-3-15(22)18(14)27-7-6-16(19(27)29)24-20(30)26-10-8-25(9-11-26)12-17(28)23-13-4-5-13/h1-3,13,16H,4-12H2,(H,23,28)(H,24,30). The Morgan fingerprint density at radius 1 is 0.967 bits per heavy atom. The van der Waals surface area contributed by atoms with E-state index < -0.39 is 23.6 Å². The minimum Gasteiger partial charge on any atom is -0.352 e. The van der Waals surface area contributed by atoms with Gasteiger partial charge >= 0.3 is 6.03 Å². The van der Waals surface area contributed by atoms with Gasteiger partial charge in [0.2, 0.25) is 11.8 Å². The third kappa shape index (κ3) is 4.53. The van der Waals surface area contributed by atoms with Crippen LogP contribution in [0.3, 0.4) is 0 Å². The van der Waals surface area contributed by atoms with Gasteiger partial charge in [-0.05, 0) is 31.4 Å². The van der Waals surface area contributed by atoms with Crippen molar-refractivity contribution in [1.29, 1.82) is 0 Å². The lowest BCUT2D eigenvalue weighted by Crippen LogP contribution is -2.55. The number of benzene rings is 1. The van der Waals surface area contributed by atoms with E-state index in [1.807, 2.05) is 4.90 Å². The first-order valence-electron chi connectivity index (χ1n) is 10.2. The molecule has 2 saturated heterocycles. The fourth-order valence-electron chi connectivity index (χ4n) is 3.84. The molecule has 30 heavy (non-hydrogen) atoms. The van der Waals surface area contributed by atoms with Crippen LogP contribution < -0.4 is 15.5 Å². The van der Waals surface area contributed by atoms with Gasteiger partial charge in [-0.15, -0.1) is 0 Å². The fraction of sp³-hybridized carbons (Fsp3) is 0.550. The molecular weight excluding hydrogens is 396 g/mol. The number of carbonyl (C=O) groups is 3. The van der Waals surface area contributed by atoms with Crippen LogP contribution in [-0.4, -0.2) is 79.0 Å². The van der Waals surface area contributed by atoms with E-state index >= 15 is 0 Å². The molecule has 0 aromatic heterocycles. The van der Waals surface area contributed by atoms with Crippen molar-refractivity contribution in [3.8, 4) is 0 Å². The quantitative estimate of drug-likeness (QED) is 0.732. The first-order valence-corrected chi connectivity index (χ1v) is 10.2. The lowest BCUT2D eigenvalue weighted by Gasteiger charge is -2.34. The Morgan fingerprint density at radius 2 is 1.63 bits per heavy atom. The summed E-state index contributed by atoms with van der Waals surface area (Å²) in [7, 11) is 0. The van der Waals surface area contributed by atoms with E-state index in [0.29, 0.717) is 38.8 Å². The lowest BCUT2D eigenvalue weighted by molar-refractivity contribution is -0.122. The van der Waals surface area contributed by atoms with Crippen LogP contribution in [0, 0.1) is 11.6 Å². The van der Waals surface area contributed by atoms with Gasteiger partial charge in [0.05, 0.1) is 6.54 Å². The lowest BCUT2D eigenvalue weighted by atomic mass is 10.2. The van der Waals surface area contributed by atoms with Gasteiger partial charge in [0.1, 0.15) is 23.4 Å². The van der Waals surface area contributed by atoms with Crippen molar-refractivity contribution in [3.63, 3.8) is 0 Å². The molecule has 1 aromatic rings. The van der Waals surface area contributed by atoms with Crippen LogP contribution in [0.5, 0.6) is 0 Å². The highest BCUT2D eigenvalue weighted by Crippen LogP contribution is 2.27. The summed E-state index contributed by atoms with van der Waals surface area (Å²) in [5.41, 5.74) is -0.377. The Labute approximate surface area is 173 Å². The number of nitrogens with zero attached hydrogens (tertiary/aromatic N) is 3. The van der Waals surface area contributed by atoms with Crippen LogP contribution in [0.4, 0.5) is 19.3 Å². The molecule has 2 N–H and O–H groups in total. The zero-order valence-electron chi connectivity index (χ0n) is 16.6. The largest absolute Gasteiger partial charge is 0.352 e. The summed E-state index contributed by atoms with van der Waals surface area (Å²) in [5.74, 6) is -2.13. The van der Waals surface area contributed by atoms with Gasteiger partial charge in [0.25, 0.3) is 0 Å². The Bertz CT molecular complexity index is 819. The Balaban J connectivity index is 1.26. The molecule has 3 aliphatic rings. The summed E-state index contributed by atoms with van der Waals surface area (Å²) in [4.78, 5) is 41.7. The molecule has 1 aromatic carbocycles. The number of rotatable bonds is 5. The molecule has 4 amide bonds. The van der Waals surface area contributed by atoms with Gasteiger partial charge in [-0.3, -0.25) is 14.5 Å². The first-order chi connectivity index (χ1) is 14.4. The summed E-state index contributed by atoms with van der Waals surface area (Å²) >= 11 is 0. The van der Waals surface area contributed by atoms with E-state index in [9.17, 15) is 23.2 Å². The third-order valence-electron chi connectivity index (χ3n) is 5.68. The molecular formula is C20H25F2N5O3. The number of anilines is 1. The number of hydrogen-bond donors (Lipinski definition) is 2. The minimum atomic E-state index is -0.821. The highest BCUT2D eigenvalue weighted by Gasteiger charge is 2.37. The minimum absolute atomic E-state index is 0.00687. The van der Waals surface area contributed by atoms with Crippen molar-refractivity contribution in [2.24, 2.45) is 0 Å². The maximum Gasteiger partial charge on any atom is 0.318 e. The van der Waals surface area contributed by atoms with E-state index in [2.05, 4.69) is 10.6 Å². The zero-order chi connectivity index (χ0) is 21.3. The average Bonchev–Trinajstić information content (AvgIpc) is 3.46. The van der Waals surface area contributed by atoms with Crippen molar-refractivity contribution < 1.29 is 23.2 Å². The van der Waals surface area contributed by atoms with Crippen LogP contribution in [-0.2, 0) is 9.59 Å². The number of amides is 4. The molecule has 8 nitrogen and oxygen atoms in total. The zero-order valence-corrected chi connectivity index (χ0v) is 16.6. The SMILES string of the molecule is O=C(CN1CCN(C(=O)NC2CCN(c3c(F)cccc3F)C2=O)CC1)NC1CC1. The Morgan fingerprint density at radius 3 is 2.27 bits per heavy atom. The van der Waals surface area contributed by atoms with E-state index in [1.54, 1.807) is 4.90 Å². The number of hydrogen-bond acceptors (Lipinski definition) is 4. The molecule has 3 fully saturated rings. The molecule has 1 saturated carbocycles. The van der Waals surface area contributed by atoms with Gasteiger partial charge in [-0.2, -0.15) is 0 Å². The number of piperazine rings is 1. The normalized spacial score (nSPS) is 22.3. The summed E-state index contributed by atoms with van der Waals surface area (Å²) in [6, 6.07) is 2.56. The van der Waals surface area contributed by atoms with Crippen molar-refractivity contribution in [1.82, 2.24) is 20.4 Å². The molecule has 1 aliphatic carbocycles. The molecule has 2 heterocycles. The van der Waals surface area contributed by atoms with Crippen LogP contribution >= 0.6 is 0 Å². The van der Waals surface area contributed by atoms with Crippen LogP contribution in [0.1, 0.15) is 19.3 Å². The predicted molar refractivity (Wildman–Crippen MR) is 105 cm³/mol. The average molecular weight is 421 g/mol. The van der Waals surface area contributed by atoms with E-state index in [-0.39, 0.29) is 30.6 Å². The summed E-state index contributed by atoms with van der Waals surface area (Å²) in [5, 5.41) is 5.62. The first kappa shape index (κ1) is 20.5. The second-order valence-corrected chi connectivity index (χ2v) is 7.96. The van der Waals surface area contributed by atoms with Crippen LogP contribution in [0.15, 0.2) is 18.2 Å². The maximum absolute atomic E-state index is 14.0. The summed E-state index contributed by atoms with van der Waals surface area (Å²) in [6.07, 6.45) is 2.36. The van der Waals surface area contributed by atoms with Crippen LogP contribution in [0.2, 0.25) is 0 Å². The number of carbonyl (C=O) groups excluding carboxylic acids is 3. The maximum atomic E-state index is 14.0. The van der Waals surface area contributed by atoms with Gasteiger partial charge in [0.15, 0.2) is 0 Å². The monoisotopic (exact) mass is 421 g/mol. The topological polar surface area (TPSA) is 85.0 Å². The van der Waals surface area contributed by atoms with Crippen molar-refractivity contribution >= 4 is 23.5 Å². The van der Waals surface area contributed by atoms with E-state index in [4.69, 9.17) is 0 Å². The Kier molecular flexibility index (Phi) is 5.85. The van der Waals surface area contributed by atoms with Gasteiger partial charge < -0.3 is 20.4 Å². The molecule has 0 radical (unpaired) electrons. The third-order valence-corrected chi connectivity index (χ3v) is 5.68. The molecule has 2 aliphatic heterocycles. The highest BCUT2D eigenvalue weighted by molar-refractivity contribution is 6.01. The number of para-hydroxylation sites is 1. The fourth-order valence-corrected chi connectivity index (χ4v) is 3.84. The van der Waals surface area contributed by atoms with Gasteiger partial charge in [0, 0.05) is 38.8 Å². The Hall–Kier alpha value is -2.75. The second kappa shape index (κ2) is 8.55. The predicted octanol–water partition coefficient (Wildman–Crippen LogP) is 0.676. The number of halogens is 2. The highest BCUT2D eigenvalue weighted by atomic mass is 19.1. The number of urea groups is 1. The molecule has 162 valence electrons. The molecule has 1 atom stereocenters. The second-order valence-electron chi connectivity index (χ2n) is 7.96. The molecule has 1 unspecified atom stereocenters. The molecule has 0 spiro atoms.